The Balaban J connectivity index is 2.00. The molecular weight excluding hydrogens is 238 g/mol. The predicted molar refractivity (Wildman–Crippen MR) is 78.4 cm³/mol. The molecule has 2 heteroatoms. The minimum Gasteiger partial charge on any atom is -0.202 e. The van der Waals surface area contributed by atoms with Crippen LogP contribution in [-0.4, -0.2) is 0 Å². The Hall–Kier alpha value is -1.93. The number of thiophene rings is 1. The smallest absolute Gasteiger partial charge is 0.202 e. The molecule has 0 aliphatic rings. The minimum atomic E-state index is 1.20. The van der Waals surface area contributed by atoms with Gasteiger partial charge < -0.3 is 0 Å². The number of fused-ring (bicyclic) bond motifs is 1. The van der Waals surface area contributed by atoms with Crippen molar-refractivity contribution in [3.05, 3.63) is 65.3 Å². The number of pyridine rings is 1. The van der Waals surface area contributed by atoms with Crippen LogP contribution in [-0.2, 0) is 7.05 Å². The molecule has 2 aromatic heterocycles. The van der Waals surface area contributed by atoms with Crippen LogP contribution in [0.4, 0.5) is 0 Å². The second-order valence-electron chi connectivity index (χ2n) is 4.26. The third kappa shape index (κ3) is 2.07. The van der Waals surface area contributed by atoms with Crippen LogP contribution in [0.15, 0.2) is 54.0 Å². The van der Waals surface area contributed by atoms with Gasteiger partial charge in [0, 0.05) is 22.9 Å². The molecule has 2 heterocycles. The van der Waals surface area contributed by atoms with Crippen LogP contribution in [0.2, 0.25) is 0 Å². The summed E-state index contributed by atoms with van der Waals surface area (Å²) < 4.78 is 3.46. The Morgan fingerprint density at radius 2 is 1.83 bits per heavy atom. The molecule has 0 unspecified atom stereocenters. The minimum absolute atomic E-state index is 1.20. The summed E-state index contributed by atoms with van der Waals surface area (Å²) in [5, 5.41) is 3.54. The molecule has 1 nitrogen and oxygen atoms in total. The van der Waals surface area contributed by atoms with Gasteiger partial charge in [-0.25, -0.2) is 4.57 Å². The number of benzene rings is 1. The van der Waals surface area contributed by atoms with E-state index in [1.165, 1.54) is 21.3 Å². The van der Waals surface area contributed by atoms with Gasteiger partial charge in [-0.3, -0.25) is 0 Å². The zero-order valence-electron chi connectivity index (χ0n) is 10.2. The summed E-state index contributed by atoms with van der Waals surface area (Å²) >= 11 is 1.80. The van der Waals surface area contributed by atoms with Crippen molar-refractivity contribution in [3.63, 3.8) is 0 Å². The maximum absolute atomic E-state index is 2.21. The number of aromatic nitrogens is 1. The van der Waals surface area contributed by atoms with E-state index in [1.54, 1.807) is 11.3 Å². The van der Waals surface area contributed by atoms with Gasteiger partial charge in [0.15, 0.2) is 6.20 Å². The quantitative estimate of drug-likeness (QED) is 0.609. The molecule has 88 valence electrons. The first kappa shape index (κ1) is 11.2. The first-order valence-electron chi connectivity index (χ1n) is 5.93. The van der Waals surface area contributed by atoms with E-state index in [0.717, 1.165) is 0 Å². The lowest BCUT2D eigenvalue weighted by molar-refractivity contribution is -0.673. The SMILES string of the molecule is C[n+]1ccccc1/C=C\c1csc2ccccc12. The molecule has 0 saturated carbocycles. The van der Waals surface area contributed by atoms with Gasteiger partial charge in [-0.2, -0.15) is 0 Å². The van der Waals surface area contributed by atoms with Crippen molar-refractivity contribution >= 4 is 33.6 Å². The molecule has 0 amide bonds. The second-order valence-corrected chi connectivity index (χ2v) is 5.17. The topological polar surface area (TPSA) is 3.88 Å². The fourth-order valence-electron chi connectivity index (χ4n) is 2.01. The molecule has 0 fully saturated rings. The van der Waals surface area contributed by atoms with Gasteiger partial charge >= 0.3 is 0 Å². The maximum atomic E-state index is 2.21. The highest BCUT2D eigenvalue weighted by Gasteiger charge is 2.02. The van der Waals surface area contributed by atoms with Crippen LogP contribution in [0.1, 0.15) is 11.3 Å². The van der Waals surface area contributed by atoms with E-state index in [9.17, 15) is 0 Å². The number of hydrogen-bond donors (Lipinski definition) is 0. The molecule has 3 rings (SSSR count). The van der Waals surface area contributed by atoms with Gasteiger partial charge in [-0.05, 0) is 34.5 Å². The summed E-state index contributed by atoms with van der Waals surface area (Å²) in [6.07, 6.45) is 6.41. The summed E-state index contributed by atoms with van der Waals surface area (Å²) in [4.78, 5) is 0. The van der Waals surface area contributed by atoms with Crippen LogP contribution in [0.25, 0.3) is 22.2 Å². The van der Waals surface area contributed by atoms with Gasteiger partial charge in [0.2, 0.25) is 5.69 Å². The highest BCUT2D eigenvalue weighted by molar-refractivity contribution is 7.17. The van der Waals surface area contributed by atoms with E-state index in [4.69, 9.17) is 0 Å². The molecule has 0 radical (unpaired) electrons. The number of hydrogen-bond acceptors (Lipinski definition) is 1. The van der Waals surface area contributed by atoms with Crippen molar-refractivity contribution in [3.8, 4) is 0 Å². The first-order chi connectivity index (χ1) is 8.84. The summed E-state index contributed by atoms with van der Waals surface area (Å²) in [5.74, 6) is 0. The van der Waals surface area contributed by atoms with Gasteiger partial charge in [-0.1, -0.05) is 18.2 Å². The molecule has 0 atom stereocenters. The molecular formula is C16H14NS+. The highest BCUT2D eigenvalue weighted by Crippen LogP contribution is 2.26. The lowest BCUT2D eigenvalue weighted by Gasteiger charge is -1.93. The first-order valence-corrected chi connectivity index (χ1v) is 6.81. The third-order valence-electron chi connectivity index (χ3n) is 3.04. The number of nitrogens with zero attached hydrogens (tertiary/aromatic N) is 1. The average Bonchev–Trinajstić information content (AvgIpc) is 2.81. The number of aryl methyl sites for hydroxylation is 1. The van der Waals surface area contributed by atoms with Gasteiger partial charge in [0.05, 0.1) is 0 Å². The third-order valence-corrected chi connectivity index (χ3v) is 4.02. The average molecular weight is 252 g/mol. The Morgan fingerprint density at radius 3 is 2.72 bits per heavy atom. The van der Waals surface area contributed by atoms with Crippen molar-refractivity contribution in [2.24, 2.45) is 7.05 Å². The highest BCUT2D eigenvalue weighted by atomic mass is 32.1. The van der Waals surface area contributed by atoms with Crippen molar-refractivity contribution < 1.29 is 4.57 Å². The molecule has 0 saturated heterocycles. The van der Waals surface area contributed by atoms with Crippen molar-refractivity contribution in [2.75, 3.05) is 0 Å². The predicted octanol–water partition coefficient (Wildman–Crippen LogP) is 3.90. The lowest BCUT2D eigenvalue weighted by atomic mass is 10.1. The van der Waals surface area contributed by atoms with Crippen LogP contribution in [0.5, 0.6) is 0 Å². The van der Waals surface area contributed by atoms with Crippen LogP contribution in [0, 0.1) is 0 Å². The van der Waals surface area contributed by atoms with E-state index in [1.807, 2.05) is 6.07 Å². The van der Waals surface area contributed by atoms with Crippen LogP contribution >= 0.6 is 11.3 Å². The van der Waals surface area contributed by atoms with Crippen LogP contribution < -0.4 is 4.57 Å². The normalized spacial score (nSPS) is 11.4. The van der Waals surface area contributed by atoms with E-state index < -0.39 is 0 Å². The van der Waals surface area contributed by atoms with E-state index in [0.29, 0.717) is 0 Å². The molecule has 1 aromatic carbocycles. The second kappa shape index (κ2) is 4.75. The standard InChI is InChI=1S/C16H14NS/c1-17-11-5-4-6-14(17)10-9-13-12-18-16-8-3-2-7-15(13)16/h2-12H,1H3/q+1/b10-9-. The van der Waals surface area contributed by atoms with Gasteiger partial charge in [0.1, 0.15) is 7.05 Å². The zero-order valence-corrected chi connectivity index (χ0v) is 11.0. The monoisotopic (exact) mass is 252 g/mol. The summed E-state index contributed by atoms with van der Waals surface area (Å²) in [6.45, 7) is 0. The van der Waals surface area contributed by atoms with Gasteiger partial charge in [-0.15, -0.1) is 11.3 Å². The molecule has 0 N–H and O–H groups in total. The Kier molecular flexibility index (Phi) is 2.95. The van der Waals surface area contributed by atoms with Crippen LogP contribution in [0.3, 0.4) is 0 Å². The molecule has 0 aliphatic heterocycles. The molecule has 0 bridgehead atoms. The number of rotatable bonds is 2. The maximum Gasteiger partial charge on any atom is 0.204 e. The molecule has 0 spiro atoms. The van der Waals surface area contributed by atoms with Crippen molar-refractivity contribution in [1.82, 2.24) is 0 Å². The fourth-order valence-corrected chi connectivity index (χ4v) is 2.94. The Labute approximate surface area is 111 Å². The zero-order chi connectivity index (χ0) is 12.4. The summed E-state index contributed by atoms with van der Waals surface area (Å²) in [6, 6.07) is 14.7. The molecule has 18 heavy (non-hydrogen) atoms. The fraction of sp³-hybridized carbons (Fsp3) is 0.0625. The summed E-state index contributed by atoms with van der Waals surface area (Å²) in [5.41, 5.74) is 2.49. The Morgan fingerprint density at radius 1 is 1.00 bits per heavy atom. The van der Waals surface area contributed by atoms with Crippen molar-refractivity contribution in [2.45, 2.75) is 0 Å². The van der Waals surface area contributed by atoms with E-state index in [-0.39, 0.29) is 0 Å². The van der Waals surface area contributed by atoms with E-state index in [2.05, 4.69) is 71.7 Å². The van der Waals surface area contributed by atoms with Crippen molar-refractivity contribution in [1.29, 1.82) is 0 Å². The van der Waals surface area contributed by atoms with E-state index >= 15 is 0 Å². The summed E-state index contributed by atoms with van der Waals surface area (Å²) in [7, 11) is 2.06. The molecule has 0 aliphatic carbocycles. The lowest BCUT2D eigenvalue weighted by Crippen LogP contribution is -2.30. The Bertz CT molecular complexity index is 710. The largest absolute Gasteiger partial charge is 0.204 e. The molecule has 3 aromatic rings. The van der Waals surface area contributed by atoms with Gasteiger partial charge in [0.25, 0.3) is 0 Å².